The van der Waals surface area contributed by atoms with Crippen LogP contribution in [0.15, 0.2) is 35.5 Å². The first kappa shape index (κ1) is 17.3. The second kappa shape index (κ2) is 8.53. The third kappa shape index (κ3) is 6.05. The van der Waals surface area contributed by atoms with Gasteiger partial charge in [0.05, 0.1) is 13.2 Å². The Kier molecular flexibility index (Phi) is 7.04. The lowest BCUT2D eigenvalue weighted by Gasteiger charge is -2.27. The maximum Gasteiger partial charge on any atom is 0.285 e. The van der Waals surface area contributed by atoms with Crippen LogP contribution in [-0.4, -0.2) is 49.3 Å². The number of halogens is 2. The fraction of sp³-hybridized carbons (Fsp3) is 0.500. The van der Waals surface area contributed by atoms with E-state index in [4.69, 9.17) is 15.7 Å². The molecule has 1 aromatic carbocycles. The highest BCUT2D eigenvalue weighted by Crippen LogP contribution is 2.28. The van der Waals surface area contributed by atoms with Crippen molar-refractivity contribution in [1.82, 2.24) is 4.90 Å². The van der Waals surface area contributed by atoms with Crippen LogP contribution >= 0.6 is 0 Å². The summed E-state index contributed by atoms with van der Waals surface area (Å²) < 4.78 is 33.4. The lowest BCUT2D eigenvalue weighted by atomic mass is 10.1. The topological polar surface area (TPSA) is 71.1 Å². The molecule has 0 saturated carbocycles. The van der Waals surface area contributed by atoms with Gasteiger partial charge in [0.1, 0.15) is 5.84 Å². The van der Waals surface area contributed by atoms with Crippen molar-refractivity contribution < 1.29 is 18.7 Å². The van der Waals surface area contributed by atoms with E-state index in [0.717, 1.165) is 0 Å². The largest absolute Gasteiger partial charge is 0.409 e. The first-order chi connectivity index (χ1) is 9.99. The van der Waals surface area contributed by atoms with Gasteiger partial charge in [0.15, 0.2) is 0 Å². The zero-order valence-electron chi connectivity index (χ0n) is 12.0. The van der Waals surface area contributed by atoms with Crippen LogP contribution in [0.1, 0.15) is 12.0 Å². The number of hydrogen-bond donors (Lipinski definition) is 2. The monoisotopic (exact) mass is 301 g/mol. The van der Waals surface area contributed by atoms with Gasteiger partial charge in [0.25, 0.3) is 5.92 Å². The summed E-state index contributed by atoms with van der Waals surface area (Å²) in [6.07, 6.45) is 0.213. The average molecular weight is 301 g/mol. The van der Waals surface area contributed by atoms with Crippen LogP contribution in [0.3, 0.4) is 0 Å². The van der Waals surface area contributed by atoms with E-state index in [-0.39, 0.29) is 24.4 Å². The summed E-state index contributed by atoms with van der Waals surface area (Å²) in [5, 5.41) is 11.4. The summed E-state index contributed by atoms with van der Waals surface area (Å²) in [7, 11) is 1.51. The van der Waals surface area contributed by atoms with Crippen molar-refractivity contribution in [1.29, 1.82) is 0 Å². The number of rotatable bonds is 9. The minimum atomic E-state index is -2.97. The van der Waals surface area contributed by atoms with Gasteiger partial charge in [-0.3, -0.25) is 4.90 Å². The zero-order valence-corrected chi connectivity index (χ0v) is 12.0. The molecule has 1 aromatic rings. The number of hydrogen-bond acceptors (Lipinski definition) is 4. The van der Waals surface area contributed by atoms with Crippen LogP contribution in [0.4, 0.5) is 8.78 Å². The summed E-state index contributed by atoms with van der Waals surface area (Å²) >= 11 is 0. The Morgan fingerprint density at radius 2 is 2.00 bits per heavy atom. The molecular formula is C14H21F2N3O2. The molecule has 3 N–H and O–H groups in total. The number of benzene rings is 1. The molecule has 21 heavy (non-hydrogen) atoms. The van der Waals surface area contributed by atoms with Crippen molar-refractivity contribution in [3.8, 4) is 0 Å². The van der Waals surface area contributed by atoms with Gasteiger partial charge < -0.3 is 15.7 Å². The highest BCUT2D eigenvalue weighted by molar-refractivity contribution is 5.79. The summed E-state index contributed by atoms with van der Waals surface area (Å²) in [4.78, 5) is 1.54. The maximum atomic E-state index is 14.2. The Morgan fingerprint density at radius 3 is 2.57 bits per heavy atom. The van der Waals surface area contributed by atoms with Gasteiger partial charge in [-0.25, -0.2) is 0 Å². The highest BCUT2D eigenvalue weighted by Gasteiger charge is 2.33. The van der Waals surface area contributed by atoms with Crippen molar-refractivity contribution in [2.24, 2.45) is 10.9 Å². The Labute approximate surface area is 123 Å². The minimum absolute atomic E-state index is 0.0143. The molecule has 0 saturated heterocycles. The molecule has 0 aliphatic heterocycles. The van der Waals surface area contributed by atoms with E-state index < -0.39 is 12.5 Å². The van der Waals surface area contributed by atoms with Crippen LogP contribution in [0.5, 0.6) is 0 Å². The maximum absolute atomic E-state index is 14.2. The van der Waals surface area contributed by atoms with E-state index in [9.17, 15) is 8.78 Å². The molecule has 0 amide bonds. The average Bonchev–Trinajstić information content (AvgIpc) is 2.50. The molecule has 0 spiro atoms. The van der Waals surface area contributed by atoms with Gasteiger partial charge >= 0.3 is 0 Å². The van der Waals surface area contributed by atoms with Crippen LogP contribution in [0.25, 0.3) is 0 Å². The van der Waals surface area contributed by atoms with E-state index >= 15 is 0 Å². The van der Waals surface area contributed by atoms with Crippen molar-refractivity contribution in [2.75, 3.05) is 33.4 Å². The summed E-state index contributed by atoms with van der Waals surface area (Å²) in [6, 6.07) is 7.66. The SMILES string of the molecule is COCCN(CC/C(N)=N/O)CC(F)(F)c1ccccc1. The molecule has 0 bridgehead atoms. The molecule has 7 heteroatoms. The minimum Gasteiger partial charge on any atom is -0.409 e. The van der Waals surface area contributed by atoms with E-state index in [0.29, 0.717) is 13.2 Å². The Balaban J connectivity index is 2.70. The van der Waals surface area contributed by atoms with Crippen LogP contribution < -0.4 is 5.73 Å². The fourth-order valence-corrected chi connectivity index (χ4v) is 1.87. The molecule has 0 aromatic heterocycles. The Morgan fingerprint density at radius 1 is 1.33 bits per heavy atom. The van der Waals surface area contributed by atoms with Gasteiger partial charge in [-0.05, 0) is 0 Å². The van der Waals surface area contributed by atoms with Gasteiger partial charge in [-0.1, -0.05) is 35.5 Å². The van der Waals surface area contributed by atoms with Crippen molar-refractivity contribution in [2.45, 2.75) is 12.3 Å². The molecule has 0 fully saturated rings. The number of nitrogens with two attached hydrogens (primary N) is 1. The number of oxime groups is 1. The van der Waals surface area contributed by atoms with Gasteiger partial charge in [0.2, 0.25) is 0 Å². The molecular weight excluding hydrogens is 280 g/mol. The number of methoxy groups -OCH3 is 1. The predicted molar refractivity (Wildman–Crippen MR) is 76.7 cm³/mol. The first-order valence-corrected chi connectivity index (χ1v) is 6.60. The first-order valence-electron chi connectivity index (χ1n) is 6.60. The van der Waals surface area contributed by atoms with E-state index in [1.807, 2.05) is 0 Å². The lowest BCUT2D eigenvalue weighted by Crippen LogP contribution is -2.39. The van der Waals surface area contributed by atoms with Gasteiger partial charge in [-0.15, -0.1) is 0 Å². The van der Waals surface area contributed by atoms with Crippen LogP contribution in [-0.2, 0) is 10.7 Å². The molecule has 0 radical (unpaired) electrons. The molecule has 0 aliphatic carbocycles. The molecule has 1 rings (SSSR count). The zero-order chi connectivity index (χ0) is 15.7. The number of alkyl halides is 2. The third-order valence-corrected chi connectivity index (χ3v) is 3.04. The molecule has 0 unspecified atom stereocenters. The second-order valence-electron chi connectivity index (χ2n) is 4.68. The lowest BCUT2D eigenvalue weighted by molar-refractivity contribution is -0.0410. The fourth-order valence-electron chi connectivity index (χ4n) is 1.87. The van der Waals surface area contributed by atoms with Crippen molar-refractivity contribution in [3.05, 3.63) is 35.9 Å². The Bertz CT molecular complexity index is 441. The predicted octanol–water partition coefficient (Wildman–Crippen LogP) is 1.86. The molecule has 5 nitrogen and oxygen atoms in total. The quantitative estimate of drug-likeness (QED) is 0.316. The third-order valence-electron chi connectivity index (χ3n) is 3.04. The van der Waals surface area contributed by atoms with E-state index in [1.165, 1.54) is 24.1 Å². The van der Waals surface area contributed by atoms with Gasteiger partial charge in [-0.2, -0.15) is 8.78 Å². The molecule has 0 atom stereocenters. The van der Waals surface area contributed by atoms with Crippen LogP contribution in [0, 0.1) is 0 Å². The van der Waals surface area contributed by atoms with E-state index in [2.05, 4.69) is 5.16 Å². The summed E-state index contributed by atoms with van der Waals surface area (Å²) in [5.41, 5.74) is 5.35. The number of nitrogens with zero attached hydrogens (tertiary/aromatic N) is 2. The molecule has 118 valence electrons. The van der Waals surface area contributed by atoms with Gasteiger partial charge in [0, 0.05) is 32.2 Å². The normalized spacial score (nSPS) is 12.9. The standard InChI is InChI=1S/C14H21F2N3O2/c1-21-10-9-19(8-7-13(17)18-20)11-14(15,16)12-5-3-2-4-6-12/h2-6,20H,7-11H2,1H3,(H2,17,18). The van der Waals surface area contributed by atoms with Crippen LogP contribution in [0.2, 0.25) is 0 Å². The smallest absolute Gasteiger partial charge is 0.285 e. The summed E-state index contributed by atoms with van der Waals surface area (Å²) in [6.45, 7) is 0.499. The van der Waals surface area contributed by atoms with E-state index in [1.54, 1.807) is 18.2 Å². The van der Waals surface area contributed by atoms with Crippen molar-refractivity contribution in [3.63, 3.8) is 0 Å². The molecule has 0 aliphatic rings. The Hall–Kier alpha value is -1.73. The summed E-state index contributed by atoms with van der Waals surface area (Å²) in [5.74, 6) is -2.96. The van der Waals surface area contributed by atoms with Crippen molar-refractivity contribution >= 4 is 5.84 Å². The number of amidine groups is 1. The number of ether oxygens (including phenoxy) is 1. The second-order valence-corrected chi connectivity index (χ2v) is 4.68. The molecule has 0 heterocycles. The highest BCUT2D eigenvalue weighted by atomic mass is 19.3.